The first-order chi connectivity index (χ1) is 44.8. The van der Waals surface area contributed by atoms with Crippen LogP contribution in [0.1, 0.15) is 75.1 Å². The largest absolute Gasteiger partial charge is 1.00 e. The van der Waals surface area contributed by atoms with Gasteiger partial charge < -0.3 is 46.4 Å². The normalized spacial score (nSPS) is 13.0. The number of aliphatic hydroxyl groups excluding tert-OH is 1. The number of hydrogen-bond acceptors (Lipinski definition) is 20. The predicted molar refractivity (Wildman–Crippen MR) is 366 cm³/mol. The van der Waals surface area contributed by atoms with Crippen LogP contribution in [0.15, 0.2) is 89.8 Å². The van der Waals surface area contributed by atoms with E-state index in [0.29, 0.717) is 15.3 Å². The van der Waals surface area contributed by atoms with Gasteiger partial charge in [-0.2, -0.15) is 85.4 Å². The van der Waals surface area contributed by atoms with Crippen molar-refractivity contribution in [1.82, 2.24) is 38.7 Å². The molecule has 0 saturated carbocycles. The molecule has 0 unspecified atom stereocenters. The zero-order valence-electron chi connectivity index (χ0n) is 53.4. The molecule has 0 aliphatic carbocycles. The number of unbranched alkanes of at least 4 members (excludes halogenated alkanes) is 1. The zero-order valence-corrected chi connectivity index (χ0v) is 67.1. The summed E-state index contributed by atoms with van der Waals surface area (Å²) in [6.45, 7) is 6.59. The maximum absolute atomic E-state index is 13.6. The van der Waals surface area contributed by atoms with Crippen molar-refractivity contribution in [3.05, 3.63) is 119 Å². The van der Waals surface area contributed by atoms with Crippen molar-refractivity contribution < 1.29 is 167 Å². The molecule has 0 aromatic carbocycles. The summed E-state index contributed by atoms with van der Waals surface area (Å²) in [6.07, 6.45) is -17.7. The molecule has 9 rings (SSSR count). The monoisotopic (exact) mass is 1950 g/mol. The maximum Gasteiger partial charge on any atom is 1.00 e. The number of aromatic nitrogens is 8. The molecule has 1 aliphatic rings. The molecule has 49 heteroatoms. The second kappa shape index (κ2) is 45.4. The minimum Gasteiger partial charge on any atom is -1.00 e. The smallest absolute Gasteiger partial charge is 1.00 e. The van der Waals surface area contributed by atoms with E-state index in [9.17, 15) is 88.6 Å². The van der Waals surface area contributed by atoms with Crippen LogP contribution in [0.5, 0.6) is 26.7 Å². The van der Waals surface area contributed by atoms with Gasteiger partial charge in [-0.1, -0.05) is 62.2 Å². The fourth-order valence-electron chi connectivity index (χ4n) is 5.98. The summed E-state index contributed by atoms with van der Waals surface area (Å²) in [4.78, 5) is 47.2. The summed E-state index contributed by atoms with van der Waals surface area (Å²) in [6, 6.07) is 5.19. The Morgan fingerprint density at radius 2 is 1.00 bits per heavy atom. The van der Waals surface area contributed by atoms with E-state index < -0.39 is 120 Å². The molecule has 8 aromatic heterocycles. The predicted octanol–water partition coefficient (Wildman–Crippen LogP) is 13.4. The number of ether oxygens (including phenoxy) is 5. The third-order valence-electron chi connectivity index (χ3n) is 10.8. The number of halogens is 24. The molecule has 102 heavy (non-hydrogen) atoms. The summed E-state index contributed by atoms with van der Waals surface area (Å²) < 4.78 is 257. The average molecular weight is 1960 g/mol. The van der Waals surface area contributed by atoms with Gasteiger partial charge in [-0.15, -0.1) is 11.3 Å². The molecule has 0 amide bonds. The number of aliphatic hydroxyl groups is 1. The van der Waals surface area contributed by atoms with Gasteiger partial charge in [0.25, 0.3) is 11.1 Å². The molecule has 1 fully saturated rings. The molecule has 9 heterocycles. The van der Waals surface area contributed by atoms with Gasteiger partial charge in [0, 0.05) is 24.5 Å². The molecular weight excluding hydrogens is 1900 g/mol. The van der Waals surface area contributed by atoms with Crippen LogP contribution in [0.3, 0.4) is 0 Å². The van der Waals surface area contributed by atoms with E-state index in [1.165, 1.54) is 69.1 Å². The molecule has 0 bridgehead atoms. The zero-order chi connectivity index (χ0) is 75.2. The molecule has 8 aromatic rings. The number of alkyl halides is 22. The van der Waals surface area contributed by atoms with Crippen molar-refractivity contribution in [3.63, 3.8) is 0 Å². The van der Waals surface area contributed by atoms with Crippen molar-refractivity contribution in [2.75, 3.05) is 40.6 Å². The number of fused-ring (bicyclic) bond motifs is 2. The number of thiazole rings is 4. The molecule has 1 aliphatic heterocycles. The van der Waals surface area contributed by atoms with Gasteiger partial charge in [-0.25, -0.2) is 24.9 Å². The van der Waals surface area contributed by atoms with Gasteiger partial charge in [-0.3, -0.25) is 23.4 Å². The van der Waals surface area contributed by atoms with E-state index in [4.69, 9.17) is 23.9 Å². The van der Waals surface area contributed by atoms with E-state index in [0.717, 1.165) is 53.9 Å². The van der Waals surface area contributed by atoms with Gasteiger partial charge >= 0.3 is 92.6 Å². The fraction of sp³-hybridized carbons (Fsp3) is 0.453. The first kappa shape index (κ1) is 104. The number of rotatable bonds is 11. The van der Waals surface area contributed by atoms with Gasteiger partial charge in [0.2, 0.25) is 0 Å². The quantitative estimate of drug-likeness (QED) is 0.0553. The van der Waals surface area contributed by atoms with Crippen molar-refractivity contribution in [2.24, 2.45) is 0 Å². The minimum atomic E-state index is -5.01. The average Bonchev–Trinajstić information content (AvgIpc) is 1.72. The molecule has 0 atom stereocenters. The Labute approximate surface area is 672 Å². The minimum absolute atomic E-state index is 0. The third-order valence-corrected chi connectivity index (χ3v) is 15.1. The van der Waals surface area contributed by atoms with Crippen LogP contribution >= 0.6 is 141 Å². The van der Waals surface area contributed by atoms with Gasteiger partial charge in [0.05, 0.1) is 70.5 Å². The van der Waals surface area contributed by atoms with Crippen LogP contribution in [-0.2, 0) is 21.7 Å². The standard InChI is InChI=1S/C16H18BF3N2O4.C15H9F6N3O3S.C5H3BrF3NOS.C5H4F3NOS.C4H9.C3H2BrNS.C2H3F3O.CBr4.2CH4.Li.Na.H/c1-14(2)15(3,4)26-17(25-14)11-12(16(18,19)20)21-10-8-9(24-5)6-7-22(10)13(11)23;1-26-7-2-3-24-8(4-7)23-11(15(19,20)21)10(13(24)25)12-22-5-9(28-12)27-6-14(16,17)18;6-4-10-1-3(12-4)11-2-5(7,8)9;6-5(7,8)2-10-4-1-9-3-11-4;1-3-4-2;4-3-1-5-2-6-3;3-2(4,5)1-6;2-1(3,4)5;;;;;/h6-8H,1-5H3;2-5H,6H2,1H3;1H,2H2;1,3H,2H2;1,3-4H2,2H3;1-2H;6H,1H2;;2*1H4;;;/q;;;;-1;;;;;;2*+1;-1. The summed E-state index contributed by atoms with van der Waals surface area (Å²) in [5.74, 6) is 0.471. The number of hydrogen-bond donors (Lipinski definition) is 1. The van der Waals surface area contributed by atoms with Gasteiger partial charge in [0.1, 0.15) is 40.0 Å². The Kier molecular flexibility index (Phi) is 46.1. The number of pyridine rings is 2. The van der Waals surface area contributed by atoms with E-state index in [2.05, 4.69) is 154 Å². The Bertz CT molecular complexity index is 3830. The fourth-order valence-corrected chi connectivity index (χ4v) is 9.04. The van der Waals surface area contributed by atoms with Crippen molar-refractivity contribution in [2.45, 2.75) is 112 Å². The molecule has 0 radical (unpaired) electrons. The van der Waals surface area contributed by atoms with E-state index in [1.54, 1.807) is 50.7 Å². The van der Waals surface area contributed by atoms with E-state index in [1.807, 2.05) is 0 Å². The second-order valence-corrected chi connectivity index (χ2v) is 36.3. The Hall–Kier alpha value is -2.60. The van der Waals surface area contributed by atoms with Gasteiger partial charge in [-0.05, 0) is 135 Å². The Balaban J connectivity index is -0.000000594. The SMILES string of the molecule is BrC(Br)(Br)Br.Brc1cncs1.C.C.COc1ccn2c(=O)c(-c3ncc(OCC(F)(F)F)s3)c(C(F)(F)F)nc2c1.COc1ccn2c(=O)c(B3OC(C)(C)C(C)(C)O3)c(C(F)(F)F)nc2c1.FC(F)(F)COc1cnc(Br)s1.FC(F)(F)COc1cncs1.OCC(F)(F)F.[CH2-]CCC.[H-].[Li+].[Na+]. The van der Waals surface area contributed by atoms with Crippen LogP contribution in [-0.4, -0.2) is 129 Å². The number of methoxy groups -OCH3 is 2. The summed E-state index contributed by atoms with van der Waals surface area (Å²) in [5, 5.41) is 6.76. The van der Waals surface area contributed by atoms with Gasteiger partial charge in [0.15, 0.2) is 51.4 Å². The van der Waals surface area contributed by atoms with Crippen LogP contribution < -0.4 is 88.7 Å². The van der Waals surface area contributed by atoms with Crippen LogP contribution in [0.2, 0.25) is 0 Å². The summed E-state index contributed by atoms with van der Waals surface area (Å²) in [7, 11) is 1.18. The van der Waals surface area contributed by atoms with Crippen molar-refractivity contribution in [1.29, 1.82) is 0 Å². The van der Waals surface area contributed by atoms with Crippen LogP contribution in [0.4, 0.5) is 79.0 Å². The van der Waals surface area contributed by atoms with Crippen molar-refractivity contribution in [3.8, 4) is 37.3 Å². The molecular formula is C53H57BBr6F18LiN8NaO10S4. The summed E-state index contributed by atoms with van der Waals surface area (Å²) in [5.41, 5.74) is -5.47. The molecule has 18 nitrogen and oxygen atoms in total. The first-order valence-electron chi connectivity index (χ1n) is 25.8. The molecule has 1 saturated heterocycles. The topological polar surface area (TPSA) is 205 Å². The third kappa shape index (κ3) is 39.0. The maximum atomic E-state index is 13.6. The summed E-state index contributed by atoms with van der Waals surface area (Å²) >= 11 is 22.7. The van der Waals surface area contributed by atoms with E-state index in [-0.39, 0.29) is 104 Å². The van der Waals surface area contributed by atoms with Crippen molar-refractivity contribution >= 4 is 165 Å². The second-order valence-electron chi connectivity index (χ2n) is 18.8. The molecule has 566 valence electrons. The molecule has 1 N–H and O–H groups in total. The molecule has 0 spiro atoms. The van der Waals surface area contributed by atoms with Crippen LogP contribution in [0.25, 0.3) is 21.9 Å². The van der Waals surface area contributed by atoms with Crippen LogP contribution in [0, 0.1) is 6.92 Å². The van der Waals surface area contributed by atoms with E-state index >= 15 is 0 Å². The number of nitrogens with zero attached hydrogens (tertiary/aromatic N) is 8. The first-order valence-corrected chi connectivity index (χ1v) is 34.0. The Morgan fingerprint density at radius 3 is 1.32 bits per heavy atom. The Morgan fingerprint density at radius 1 is 0.618 bits per heavy atom.